The Hall–Kier alpha value is -0.940. The third-order valence-electron chi connectivity index (χ3n) is 3.38. The first kappa shape index (κ1) is 17.1. The van der Waals surface area contributed by atoms with Crippen LogP contribution in [0.1, 0.15) is 54.5 Å². The average Bonchev–Trinajstić information content (AvgIpc) is 2.74. The molecule has 0 spiro atoms. The van der Waals surface area contributed by atoms with E-state index >= 15 is 0 Å². The summed E-state index contributed by atoms with van der Waals surface area (Å²) in [5, 5.41) is 13.6. The van der Waals surface area contributed by atoms with Gasteiger partial charge in [-0.25, -0.2) is 4.98 Å². The molecular formula is C15H26N2O2S. The van der Waals surface area contributed by atoms with Crippen molar-refractivity contribution >= 4 is 17.2 Å². The van der Waals surface area contributed by atoms with Gasteiger partial charge in [0.15, 0.2) is 0 Å². The number of amides is 1. The van der Waals surface area contributed by atoms with Crippen LogP contribution in [0.3, 0.4) is 0 Å². The zero-order valence-corrected chi connectivity index (χ0v) is 13.9. The third kappa shape index (κ3) is 4.87. The van der Waals surface area contributed by atoms with Crippen LogP contribution in [-0.4, -0.2) is 28.6 Å². The van der Waals surface area contributed by atoms with E-state index in [2.05, 4.69) is 24.1 Å². The first-order valence-electron chi connectivity index (χ1n) is 7.27. The number of aliphatic hydroxyl groups is 1. The van der Waals surface area contributed by atoms with Crippen molar-refractivity contribution in [1.82, 2.24) is 10.3 Å². The maximum Gasteiger partial charge on any atom is 0.263 e. The molecule has 2 N–H and O–H groups in total. The van der Waals surface area contributed by atoms with E-state index in [4.69, 9.17) is 0 Å². The number of carbonyl (C=O) groups is 1. The first-order chi connectivity index (χ1) is 9.35. The fraction of sp³-hybridized carbons (Fsp3) is 0.733. The van der Waals surface area contributed by atoms with E-state index in [9.17, 15) is 9.90 Å². The van der Waals surface area contributed by atoms with Crippen LogP contribution in [0.15, 0.2) is 0 Å². The van der Waals surface area contributed by atoms with Crippen LogP contribution >= 0.6 is 11.3 Å². The molecule has 4 nitrogen and oxygen atoms in total. The molecule has 0 bridgehead atoms. The van der Waals surface area contributed by atoms with Gasteiger partial charge >= 0.3 is 0 Å². The number of rotatable bonds is 7. The van der Waals surface area contributed by atoms with Crippen molar-refractivity contribution in [1.29, 1.82) is 0 Å². The van der Waals surface area contributed by atoms with Crippen molar-refractivity contribution in [3.63, 3.8) is 0 Å². The number of nitrogens with zero attached hydrogens (tertiary/aromatic N) is 1. The SMILES string of the molecule is CCC(C)C(O)CNC(=O)c1sc(C)nc1CC(C)C. The van der Waals surface area contributed by atoms with Crippen LogP contribution in [0.4, 0.5) is 0 Å². The molecule has 0 aliphatic heterocycles. The van der Waals surface area contributed by atoms with Crippen molar-refractivity contribution < 1.29 is 9.90 Å². The van der Waals surface area contributed by atoms with E-state index in [1.165, 1.54) is 11.3 Å². The van der Waals surface area contributed by atoms with Gasteiger partial charge in [-0.1, -0.05) is 34.1 Å². The lowest BCUT2D eigenvalue weighted by molar-refractivity contribution is 0.0852. The number of nitrogens with one attached hydrogen (secondary N) is 1. The van der Waals surface area contributed by atoms with Crippen molar-refractivity contribution in [2.45, 2.75) is 53.6 Å². The molecule has 0 saturated heterocycles. The summed E-state index contributed by atoms with van der Waals surface area (Å²) in [5.74, 6) is 0.538. The molecule has 0 aliphatic carbocycles. The maximum atomic E-state index is 12.2. The van der Waals surface area contributed by atoms with Crippen LogP contribution in [0.25, 0.3) is 0 Å². The van der Waals surface area contributed by atoms with Crippen LogP contribution in [-0.2, 0) is 6.42 Å². The summed E-state index contributed by atoms with van der Waals surface area (Å²) in [5.41, 5.74) is 0.873. The minimum absolute atomic E-state index is 0.117. The molecule has 2 atom stereocenters. The van der Waals surface area contributed by atoms with Gasteiger partial charge in [-0.15, -0.1) is 11.3 Å². The molecular weight excluding hydrogens is 272 g/mol. The van der Waals surface area contributed by atoms with Gasteiger partial charge in [-0.2, -0.15) is 0 Å². The van der Waals surface area contributed by atoms with E-state index in [1.807, 2.05) is 20.8 Å². The maximum absolute atomic E-state index is 12.2. The summed E-state index contributed by atoms with van der Waals surface area (Å²) in [6.07, 6.45) is 1.21. The molecule has 0 aromatic carbocycles. The Kier molecular flexibility index (Phi) is 6.62. The highest BCUT2D eigenvalue weighted by atomic mass is 32.1. The van der Waals surface area contributed by atoms with Gasteiger partial charge in [0, 0.05) is 6.54 Å². The van der Waals surface area contributed by atoms with Gasteiger partial charge in [-0.05, 0) is 25.2 Å². The number of aromatic nitrogens is 1. The lowest BCUT2D eigenvalue weighted by Gasteiger charge is -2.17. The minimum atomic E-state index is -0.494. The van der Waals surface area contributed by atoms with Gasteiger partial charge in [0.25, 0.3) is 5.91 Å². The van der Waals surface area contributed by atoms with Crippen LogP contribution < -0.4 is 5.32 Å². The zero-order valence-electron chi connectivity index (χ0n) is 13.1. The monoisotopic (exact) mass is 298 g/mol. The van der Waals surface area contributed by atoms with Gasteiger partial charge in [-0.3, -0.25) is 4.79 Å². The first-order valence-corrected chi connectivity index (χ1v) is 8.09. The average molecular weight is 298 g/mol. The Balaban J connectivity index is 2.68. The highest BCUT2D eigenvalue weighted by molar-refractivity contribution is 7.13. The largest absolute Gasteiger partial charge is 0.391 e. The standard InChI is InChI=1S/C15H26N2O2S/c1-6-10(4)13(18)8-16-15(19)14-12(7-9(2)3)17-11(5)20-14/h9-10,13,18H,6-8H2,1-5H3,(H,16,19). The number of aliphatic hydroxyl groups excluding tert-OH is 1. The van der Waals surface area contributed by atoms with Crippen LogP contribution in [0.2, 0.25) is 0 Å². The quantitative estimate of drug-likeness (QED) is 0.813. The lowest BCUT2D eigenvalue weighted by atomic mass is 10.0. The fourth-order valence-electron chi connectivity index (χ4n) is 1.92. The Bertz CT molecular complexity index is 443. The van der Waals surface area contributed by atoms with E-state index in [1.54, 1.807) is 0 Å². The lowest BCUT2D eigenvalue weighted by Crippen LogP contribution is -2.35. The molecule has 20 heavy (non-hydrogen) atoms. The summed E-state index contributed by atoms with van der Waals surface area (Å²) >= 11 is 1.43. The van der Waals surface area contributed by atoms with Crippen molar-refractivity contribution in [2.24, 2.45) is 11.8 Å². The minimum Gasteiger partial charge on any atom is -0.391 e. The number of hydrogen-bond acceptors (Lipinski definition) is 4. The third-order valence-corrected chi connectivity index (χ3v) is 4.40. The Morgan fingerprint density at radius 2 is 2.05 bits per heavy atom. The van der Waals surface area contributed by atoms with Crippen molar-refractivity contribution in [3.05, 3.63) is 15.6 Å². The zero-order chi connectivity index (χ0) is 15.3. The normalized spacial score (nSPS) is 14.3. The highest BCUT2D eigenvalue weighted by Gasteiger charge is 2.19. The Labute approximate surface area is 125 Å². The molecule has 1 heterocycles. The van der Waals surface area contributed by atoms with Gasteiger partial charge in [0.1, 0.15) is 4.88 Å². The molecule has 1 aromatic rings. The molecule has 1 rings (SSSR count). The summed E-state index contributed by atoms with van der Waals surface area (Å²) in [6.45, 7) is 10.5. The second kappa shape index (κ2) is 7.74. The van der Waals surface area contributed by atoms with Crippen molar-refractivity contribution in [2.75, 3.05) is 6.54 Å². The van der Waals surface area contributed by atoms with E-state index < -0.39 is 6.10 Å². The molecule has 0 aliphatic rings. The molecule has 0 fully saturated rings. The van der Waals surface area contributed by atoms with Gasteiger partial charge in [0.2, 0.25) is 0 Å². The Morgan fingerprint density at radius 3 is 2.60 bits per heavy atom. The molecule has 1 aromatic heterocycles. The second-order valence-electron chi connectivity index (χ2n) is 5.77. The number of hydrogen-bond donors (Lipinski definition) is 2. The number of thiazole rings is 1. The van der Waals surface area contributed by atoms with Gasteiger partial charge < -0.3 is 10.4 Å². The number of carbonyl (C=O) groups excluding carboxylic acids is 1. The summed E-state index contributed by atoms with van der Waals surface area (Å²) in [6, 6.07) is 0. The fourth-order valence-corrected chi connectivity index (χ4v) is 2.79. The van der Waals surface area contributed by atoms with E-state index in [0.29, 0.717) is 17.3 Å². The molecule has 114 valence electrons. The predicted molar refractivity (Wildman–Crippen MR) is 83.2 cm³/mol. The second-order valence-corrected chi connectivity index (χ2v) is 6.97. The topological polar surface area (TPSA) is 62.2 Å². The summed E-state index contributed by atoms with van der Waals surface area (Å²) in [4.78, 5) is 17.4. The molecule has 0 saturated carbocycles. The van der Waals surface area contributed by atoms with Crippen LogP contribution in [0.5, 0.6) is 0 Å². The summed E-state index contributed by atoms with van der Waals surface area (Å²) in [7, 11) is 0. The number of aryl methyl sites for hydroxylation is 1. The molecule has 5 heteroatoms. The van der Waals surface area contributed by atoms with Gasteiger partial charge in [0.05, 0.1) is 16.8 Å². The highest BCUT2D eigenvalue weighted by Crippen LogP contribution is 2.20. The predicted octanol–water partition coefficient (Wildman–Crippen LogP) is 2.79. The van der Waals surface area contributed by atoms with E-state index in [-0.39, 0.29) is 11.8 Å². The smallest absolute Gasteiger partial charge is 0.263 e. The van der Waals surface area contributed by atoms with Crippen molar-refractivity contribution in [3.8, 4) is 0 Å². The molecule has 2 unspecified atom stereocenters. The Morgan fingerprint density at radius 1 is 1.40 bits per heavy atom. The van der Waals surface area contributed by atoms with Crippen LogP contribution in [0, 0.1) is 18.8 Å². The molecule has 0 radical (unpaired) electrons. The van der Waals surface area contributed by atoms with E-state index in [0.717, 1.165) is 23.5 Å². The summed E-state index contributed by atoms with van der Waals surface area (Å²) < 4.78 is 0. The molecule has 1 amide bonds.